The van der Waals surface area contributed by atoms with Crippen LogP contribution < -0.4 is 0 Å². The van der Waals surface area contributed by atoms with E-state index >= 15 is 0 Å². The minimum Gasteiger partial charge on any atom is -0.346 e. The maximum Gasteiger partial charge on any atom is 2.00 e. The average Bonchev–Trinajstić information content (AvgIpc) is 2.09. The van der Waals surface area contributed by atoms with Crippen LogP contribution in [0.25, 0.3) is 0 Å². The Bertz CT molecular complexity index is 74.5. The minimum absolute atomic E-state index is 0. The SMILES string of the molecule is [CH2-]C.[CH2-]CCCN(CC)C(C)C.[Zn+2]. The van der Waals surface area contributed by atoms with Crippen molar-refractivity contribution in [2.45, 2.75) is 46.6 Å². The van der Waals surface area contributed by atoms with Gasteiger partial charge in [-0.1, -0.05) is 13.3 Å². The third kappa shape index (κ3) is 12.6. The Kier molecular flexibility index (Phi) is 22.3. The molecule has 1 nitrogen and oxygen atoms in total. The van der Waals surface area contributed by atoms with Crippen LogP contribution in [0.5, 0.6) is 0 Å². The molecule has 0 aromatic heterocycles. The molecule has 0 heterocycles. The van der Waals surface area contributed by atoms with E-state index in [9.17, 15) is 0 Å². The summed E-state index contributed by atoms with van der Waals surface area (Å²) in [4.78, 5) is 2.46. The van der Waals surface area contributed by atoms with Crippen molar-refractivity contribution in [3.63, 3.8) is 0 Å². The first kappa shape index (κ1) is 19.2. The molecule has 0 saturated heterocycles. The van der Waals surface area contributed by atoms with Crippen molar-refractivity contribution in [1.82, 2.24) is 4.90 Å². The maximum atomic E-state index is 3.82. The van der Waals surface area contributed by atoms with Crippen molar-refractivity contribution in [1.29, 1.82) is 0 Å². The van der Waals surface area contributed by atoms with Crippen molar-refractivity contribution in [2.75, 3.05) is 13.1 Å². The van der Waals surface area contributed by atoms with Gasteiger partial charge in [0.25, 0.3) is 0 Å². The molecule has 0 aliphatic heterocycles. The fraction of sp³-hybridized carbons (Fsp3) is 0.818. The van der Waals surface area contributed by atoms with E-state index < -0.39 is 0 Å². The second-order valence-corrected chi connectivity index (χ2v) is 2.93. The van der Waals surface area contributed by atoms with E-state index in [1.54, 1.807) is 6.92 Å². The van der Waals surface area contributed by atoms with E-state index in [1.807, 2.05) is 0 Å². The zero-order valence-corrected chi connectivity index (χ0v) is 12.9. The summed E-state index contributed by atoms with van der Waals surface area (Å²) < 4.78 is 0. The minimum atomic E-state index is 0. The van der Waals surface area contributed by atoms with Crippen LogP contribution in [0.2, 0.25) is 0 Å². The fourth-order valence-electron chi connectivity index (χ4n) is 1.10. The van der Waals surface area contributed by atoms with Crippen LogP contribution in [0.3, 0.4) is 0 Å². The van der Waals surface area contributed by atoms with E-state index in [0.717, 1.165) is 13.0 Å². The Morgan fingerprint density at radius 3 is 1.92 bits per heavy atom. The smallest absolute Gasteiger partial charge is 0.346 e. The van der Waals surface area contributed by atoms with Crippen LogP contribution in [-0.2, 0) is 19.5 Å². The second-order valence-electron chi connectivity index (χ2n) is 2.93. The third-order valence-corrected chi connectivity index (χ3v) is 1.83. The van der Waals surface area contributed by atoms with Gasteiger partial charge in [-0.05, 0) is 26.9 Å². The van der Waals surface area contributed by atoms with Gasteiger partial charge in [-0.15, -0.1) is 0 Å². The van der Waals surface area contributed by atoms with Crippen molar-refractivity contribution in [2.24, 2.45) is 0 Å². The van der Waals surface area contributed by atoms with Crippen molar-refractivity contribution >= 4 is 0 Å². The predicted molar refractivity (Wildman–Crippen MR) is 58.0 cm³/mol. The maximum absolute atomic E-state index is 3.82. The Morgan fingerprint density at radius 1 is 1.23 bits per heavy atom. The summed E-state index contributed by atoms with van der Waals surface area (Å²) in [7, 11) is 0. The molecule has 0 aliphatic carbocycles. The van der Waals surface area contributed by atoms with E-state index in [-0.39, 0.29) is 19.5 Å². The van der Waals surface area contributed by atoms with Gasteiger partial charge in [-0.25, -0.2) is 0 Å². The molecule has 0 amide bonds. The largest absolute Gasteiger partial charge is 2.00 e. The molecule has 0 saturated carbocycles. The van der Waals surface area contributed by atoms with E-state index in [1.165, 1.54) is 13.0 Å². The van der Waals surface area contributed by atoms with Gasteiger partial charge in [0.2, 0.25) is 0 Å². The number of hydrogen-bond donors (Lipinski definition) is 0. The first-order valence-electron chi connectivity index (χ1n) is 4.96. The Balaban J connectivity index is -0.000000309. The summed E-state index contributed by atoms with van der Waals surface area (Å²) >= 11 is 0. The third-order valence-electron chi connectivity index (χ3n) is 1.83. The van der Waals surface area contributed by atoms with Crippen LogP contribution in [0.1, 0.15) is 40.5 Å². The molecule has 0 spiro atoms. The number of nitrogens with zero attached hydrogens (tertiary/aromatic N) is 1. The molecule has 0 bridgehead atoms. The van der Waals surface area contributed by atoms with Gasteiger partial charge in [-0.3, -0.25) is 0 Å². The fourth-order valence-corrected chi connectivity index (χ4v) is 1.10. The van der Waals surface area contributed by atoms with Gasteiger partial charge in [0.1, 0.15) is 0 Å². The zero-order chi connectivity index (χ0) is 9.98. The molecular weight excluding hydrogens is 212 g/mol. The molecule has 0 unspecified atom stereocenters. The molecule has 0 N–H and O–H groups in total. The molecule has 76 valence electrons. The average molecular weight is 237 g/mol. The van der Waals surface area contributed by atoms with Gasteiger partial charge in [0.05, 0.1) is 0 Å². The number of hydrogen-bond acceptors (Lipinski definition) is 1. The van der Waals surface area contributed by atoms with E-state index in [2.05, 4.69) is 39.5 Å². The number of rotatable bonds is 5. The summed E-state index contributed by atoms with van der Waals surface area (Å²) in [5.74, 6) is 0. The van der Waals surface area contributed by atoms with Gasteiger partial charge in [-0.2, -0.15) is 13.3 Å². The standard InChI is InChI=1S/C9H20N.C2H5.Zn/c1-5-7-8-10(6-2)9(3)4;1-2;/h9H,1,5-8H2,2-4H3;1H2,2H3;/q2*-1;+2. The summed E-state index contributed by atoms with van der Waals surface area (Å²) in [5.41, 5.74) is 0. The van der Waals surface area contributed by atoms with Gasteiger partial charge >= 0.3 is 19.5 Å². The Morgan fingerprint density at radius 2 is 1.69 bits per heavy atom. The van der Waals surface area contributed by atoms with Crippen molar-refractivity contribution in [3.8, 4) is 0 Å². The second kappa shape index (κ2) is 15.1. The molecule has 0 aromatic rings. The van der Waals surface area contributed by atoms with Crippen LogP contribution >= 0.6 is 0 Å². The molecule has 2 heteroatoms. The van der Waals surface area contributed by atoms with Crippen molar-refractivity contribution < 1.29 is 19.5 Å². The van der Waals surface area contributed by atoms with E-state index in [0.29, 0.717) is 6.04 Å². The predicted octanol–water partition coefficient (Wildman–Crippen LogP) is 3.17. The van der Waals surface area contributed by atoms with Crippen LogP contribution in [0.4, 0.5) is 0 Å². The summed E-state index contributed by atoms with van der Waals surface area (Å²) in [6.45, 7) is 17.9. The normalized spacial score (nSPS) is 9.23. The van der Waals surface area contributed by atoms with Crippen molar-refractivity contribution in [3.05, 3.63) is 13.8 Å². The molecule has 0 fully saturated rings. The van der Waals surface area contributed by atoms with Gasteiger partial charge in [0, 0.05) is 6.04 Å². The topological polar surface area (TPSA) is 3.24 Å². The summed E-state index contributed by atoms with van der Waals surface area (Å²) in [5, 5.41) is 0. The first-order chi connectivity index (χ1) is 5.72. The number of unbranched alkanes of at least 4 members (excludes halogenated alkanes) is 1. The Hall–Kier alpha value is 0.583. The van der Waals surface area contributed by atoms with E-state index in [4.69, 9.17) is 0 Å². The summed E-state index contributed by atoms with van der Waals surface area (Å²) in [6.07, 6.45) is 2.29. The monoisotopic (exact) mass is 235 g/mol. The van der Waals surface area contributed by atoms with Gasteiger partial charge < -0.3 is 18.7 Å². The summed E-state index contributed by atoms with van der Waals surface area (Å²) in [6, 6.07) is 0.691. The van der Waals surface area contributed by atoms with Crippen LogP contribution in [0, 0.1) is 13.8 Å². The molecular formula is C11H25NZn. The quantitative estimate of drug-likeness (QED) is 0.524. The first-order valence-corrected chi connectivity index (χ1v) is 4.96. The Labute approximate surface area is 98.0 Å². The van der Waals surface area contributed by atoms with Crippen LogP contribution in [-0.4, -0.2) is 24.0 Å². The van der Waals surface area contributed by atoms with Crippen LogP contribution in [0.15, 0.2) is 0 Å². The molecule has 0 radical (unpaired) electrons. The molecule has 13 heavy (non-hydrogen) atoms. The zero-order valence-electron chi connectivity index (χ0n) is 9.97. The molecule has 0 aromatic carbocycles. The van der Waals surface area contributed by atoms with Gasteiger partial charge in [0.15, 0.2) is 0 Å². The molecule has 0 atom stereocenters. The molecule has 0 aliphatic rings. The molecule has 0 rings (SSSR count).